The van der Waals surface area contributed by atoms with Gasteiger partial charge < -0.3 is 5.73 Å². The van der Waals surface area contributed by atoms with Crippen molar-refractivity contribution in [2.75, 3.05) is 5.73 Å². The summed E-state index contributed by atoms with van der Waals surface area (Å²) in [6.45, 7) is 0.695. The van der Waals surface area contributed by atoms with Crippen molar-refractivity contribution >= 4 is 21.7 Å². The van der Waals surface area contributed by atoms with Crippen molar-refractivity contribution in [3.8, 4) is 0 Å². The van der Waals surface area contributed by atoms with Gasteiger partial charge >= 0.3 is 0 Å². The van der Waals surface area contributed by atoms with E-state index in [4.69, 9.17) is 5.73 Å². The summed E-state index contributed by atoms with van der Waals surface area (Å²) < 4.78 is 2.77. The molecule has 0 radical (unpaired) electrons. The van der Waals surface area contributed by atoms with Crippen LogP contribution in [0.4, 0.5) is 5.82 Å². The third-order valence-corrected chi connectivity index (χ3v) is 2.56. The summed E-state index contributed by atoms with van der Waals surface area (Å²) in [7, 11) is 0. The van der Waals surface area contributed by atoms with Crippen molar-refractivity contribution in [2.45, 2.75) is 6.54 Å². The van der Waals surface area contributed by atoms with Gasteiger partial charge in [-0.25, -0.2) is 0 Å². The van der Waals surface area contributed by atoms with Gasteiger partial charge in [-0.1, -0.05) is 0 Å². The first-order chi connectivity index (χ1) is 6.75. The van der Waals surface area contributed by atoms with E-state index in [0.717, 1.165) is 10.0 Å². The van der Waals surface area contributed by atoms with Crippen molar-refractivity contribution in [2.24, 2.45) is 0 Å². The van der Waals surface area contributed by atoms with Crippen LogP contribution in [0, 0.1) is 0 Å². The fourth-order valence-electron chi connectivity index (χ4n) is 1.17. The molecule has 4 nitrogen and oxygen atoms in total. The Kier molecular flexibility index (Phi) is 2.49. The van der Waals surface area contributed by atoms with Crippen LogP contribution in [0.1, 0.15) is 5.56 Å². The van der Waals surface area contributed by atoms with Crippen molar-refractivity contribution in [1.29, 1.82) is 0 Å². The zero-order valence-corrected chi connectivity index (χ0v) is 8.98. The zero-order valence-electron chi connectivity index (χ0n) is 7.39. The van der Waals surface area contributed by atoms with Crippen LogP contribution in [-0.4, -0.2) is 14.8 Å². The quantitative estimate of drug-likeness (QED) is 0.885. The van der Waals surface area contributed by atoms with Gasteiger partial charge in [-0.05, 0) is 33.6 Å². The molecular weight excluding hydrogens is 244 g/mol. The van der Waals surface area contributed by atoms with Crippen molar-refractivity contribution in [1.82, 2.24) is 14.8 Å². The Morgan fingerprint density at radius 3 is 2.93 bits per heavy atom. The summed E-state index contributed by atoms with van der Waals surface area (Å²) in [6, 6.07) is 3.72. The molecule has 0 aromatic carbocycles. The van der Waals surface area contributed by atoms with Gasteiger partial charge in [-0.2, -0.15) is 5.10 Å². The van der Waals surface area contributed by atoms with E-state index in [0.29, 0.717) is 12.4 Å². The molecule has 0 aliphatic rings. The van der Waals surface area contributed by atoms with Gasteiger partial charge in [0.25, 0.3) is 0 Å². The second-order valence-corrected chi connectivity index (χ2v) is 3.76. The second-order valence-electron chi connectivity index (χ2n) is 2.91. The molecule has 2 rings (SSSR count). The van der Waals surface area contributed by atoms with Gasteiger partial charge in [0, 0.05) is 23.1 Å². The summed E-state index contributed by atoms with van der Waals surface area (Å²) in [5, 5.41) is 4.10. The number of rotatable bonds is 2. The predicted molar refractivity (Wildman–Crippen MR) is 57.7 cm³/mol. The smallest absolute Gasteiger partial charge is 0.145 e. The van der Waals surface area contributed by atoms with E-state index in [9.17, 15) is 0 Å². The Morgan fingerprint density at radius 2 is 2.29 bits per heavy atom. The number of nitrogen functional groups attached to an aromatic ring is 1. The van der Waals surface area contributed by atoms with E-state index in [1.165, 1.54) is 0 Å². The molecule has 2 N–H and O–H groups in total. The fraction of sp³-hybridized carbons (Fsp3) is 0.111. The molecule has 72 valence electrons. The molecular formula is C9H9BrN4. The lowest BCUT2D eigenvalue weighted by molar-refractivity contribution is 0.687. The monoisotopic (exact) mass is 252 g/mol. The molecule has 0 amide bonds. The van der Waals surface area contributed by atoms with Crippen molar-refractivity contribution < 1.29 is 0 Å². The van der Waals surface area contributed by atoms with Crippen LogP contribution in [-0.2, 0) is 6.54 Å². The number of halogens is 1. The Balaban J connectivity index is 2.23. The zero-order chi connectivity index (χ0) is 9.97. The molecule has 0 fully saturated rings. The van der Waals surface area contributed by atoms with Gasteiger partial charge in [-0.15, -0.1) is 0 Å². The molecule has 0 saturated heterocycles. The lowest BCUT2D eigenvalue weighted by atomic mass is 10.3. The summed E-state index contributed by atoms with van der Waals surface area (Å²) in [4.78, 5) is 3.99. The number of hydrogen-bond donors (Lipinski definition) is 1. The van der Waals surface area contributed by atoms with Crippen LogP contribution in [0.3, 0.4) is 0 Å². The normalized spacial score (nSPS) is 10.4. The van der Waals surface area contributed by atoms with Crippen LogP contribution >= 0.6 is 15.9 Å². The predicted octanol–water partition coefficient (Wildman–Crippen LogP) is 1.67. The maximum atomic E-state index is 5.51. The number of anilines is 1. The summed E-state index contributed by atoms with van der Waals surface area (Å²) in [5.74, 6) is 0.537. The molecule has 0 saturated carbocycles. The van der Waals surface area contributed by atoms with E-state index in [-0.39, 0.29) is 0 Å². The van der Waals surface area contributed by atoms with Crippen LogP contribution in [0.15, 0.2) is 35.2 Å². The minimum Gasteiger partial charge on any atom is -0.382 e. The molecule has 2 heterocycles. The van der Waals surface area contributed by atoms with E-state index >= 15 is 0 Å². The minimum absolute atomic E-state index is 0.537. The Labute approximate surface area is 89.9 Å². The highest BCUT2D eigenvalue weighted by Gasteiger charge is 2.00. The molecule has 0 aliphatic heterocycles. The minimum atomic E-state index is 0.537. The molecule has 2 aromatic rings. The largest absolute Gasteiger partial charge is 0.382 e. The number of hydrogen-bond acceptors (Lipinski definition) is 3. The highest BCUT2D eigenvalue weighted by Crippen LogP contribution is 2.15. The number of pyridine rings is 1. The summed E-state index contributed by atoms with van der Waals surface area (Å²) in [5.41, 5.74) is 6.64. The molecule has 5 heteroatoms. The maximum absolute atomic E-state index is 5.51. The van der Waals surface area contributed by atoms with Crippen molar-refractivity contribution in [3.05, 3.63) is 40.8 Å². The van der Waals surface area contributed by atoms with Gasteiger partial charge in [-0.3, -0.25) is 9.67 Å². The number of aromatic nitrogens is 3. The molecule has 0 atom stereocenters. The summed E-state index contributed by atoms with van der Waals surface area (Å²) in [6.07, 6.45) is 5.37. The third-order valence-electron chi connectivity index (χ3n) is 1.85. The molecule has 0 bridgehead atoms. The fourth-order valence-corrected chi connectivity index (χ4v) is 1.55. The van der Waals surface area contributed by atoms with Crippen LogP contribution in [0.25, 0.3) is 0 Å². The molecule has 14 heavy (non-hydrogen) atoms. The highest BCUT2D eigenvalue weighted by atomic mass is 79.9. The van der Waals surface area contributed by atoms with Crippen molar-refractivity contribution in [3.63, 3.8) is 0 Å². The second kappa shape index (κ2) is 3.79. The molecule has 0 spiro atoms. The lowest BCUT2D eigenvalue weighted by Crippen LogP contribution is -2.01. The third kappa shape index (κ3) is 1.93. The van der Waals surface area contributed by atoms with Gasteiger partial charge in [0.15, 0.2) is 0 Å². The van der Waals surface area contributed by atoms with E-state index in [1.807, 2.05) is 12.3 Å². The SMILES string of the molecule is Nc1ccn(Cc2ccncc2Br)n1. The topological polar surface area (TPSA) is 56.7 Å². The van der Waals surface area contributed by atoms with Crippen LogP contribution in [0.5, 0.6) is 0 Å². The van der Waals surface area contributed by atoms with Gasteiger partial charge in [0.1, 0.15) is 5.82 Å². The lowest BCUT2D eigenvalue weighted by Gasteiger charge is -2.03. The Hall–Kier alpha value is -1.36. The average Bonchev–Trinajstić information content (AvgIpc) is 2.56. The standard InChI is InChI=1S/C9H9BrN4/c10-8-5-12-3-1-7(8)6-14-4-2-9(11)13-14/h1-5H,6H2,(H2,11,13). The Bertz CT molecular complexity index is 438. The number of nitrogens with zero attached hydrogens (tertiary/aromatic N) is 3. The first-order valence-corrected chi connectivity index (χ1v) is 4.92. The molecule has 0 aliphatic carbocycles. The molecule has 2 aromatic heterocycles. The van der Waals surface area contributed by atoms with E-state index in [1.54, 1.807) is 23.1 Å². The first kappa shape index (κ1) is 9.21. The average molecular weight is 253 g/mol. The number of nitrogens with two attached hydrogens (primary N) is 1. The van der Waals surface area contributed by atoms with Gasteiger partial charge in [0.05, 0.1) is 6.54 Å². The maximum Gasteiger partial charge on any atom is 0.145 e. The van der Waals surface area contributed by atoms with Crippen LogP contribution in [0.2, 0.25) is 0 Å². The first-order valence-electron chi connectivity index (χ1n) is 4.13. The highest BCUT2D eigenvalue weighted by molar-refractivity contribution is 9.10. The van der Waals surface area contributed by atoms with Crippen LogP contribution < -0.4 is 5.73 Å². The van der Waals surface area contributed by atoms with E-state index < -0.39 is 0 Å². The van der Waals surface area contributed by atoms with E-state index in [2.05, 4.69) is 26.0 Å². The van der Waals surface area contributed by atoms with Gasteiger partial charge in [0.2, 0.25) is 0 Å². The summed E-state index contributed by atoms with van der Waals surface area (Å²) >= 11 is 3.43. The molecule has 0 unspecified atom stereocenters. The Morgan fingerprint density at radius 1 is 1.43 bits per heavy atom.